The molecule has 0 radical (unpaired) electrons. The predicted molar refractivity (Wildman–Crippen MR) is 109 cm³/mol. The Hall–Kier alpha value is -2.69. The summed E-state index contributed by atoms with van der Waals surface area (Å²) >= 11 is 12.1. The summed E-state index contributed by atoms with van der Waals surface area (Å²) in [5.41, 5.74) is 0.927. The fourth-order valence-corrected chi connectivity index (χ4v) is 2.75. The number of benzene rings is 3. The standard InChI is InChI=1S/C21H17Cl2NO3/c1-2-26-18-8-3-4-9-19(18)27-15-12-10-14(11-13-15)21(25)24-17-7-5-6-16(22)20(17)23/h3-13H,2H2,1H3,(H,24,25). The van der Waals surface area contributed by atoms with Crippen LogP contribution in [0.2, 0.25) is 10.0 Å². The molecule has 0 aliphatic heterocycles. The van der Waals surface area contributed by atoms with Gasteiger partial charge in [-0.25, -0.2) is 0 Å². The lowest BCUT2D eigenvalue weighted by Crippen LogP contribution is -2.12. The van der Waals surface area contributed by atoms with Gasteiger partial charge in [-0.3, -0.25) is 4.79 Å². The van der Waals surface area contributed by atoms with Crippen LogP contribution in [0.4, 0.5) is 5.69 Å². The Kier molecular flexibility index (Phi) is 6.22. The van der Waals surface area contributed by atoms with Crippen LogP contribution in [0.5, 0.6) is 17.2 Å². The maximum absolute atomic E-state index is 12.4. The van der Waals surface area contributed by atoms with Crippen LogP contribution in [0.3, 0.4) is 0 Å². The number of hydrogen-bond donors (Lipinski definition) is 1. The van der Waals surface area contributed by atoms with Crippen LogP contribution < -0.4 is 14.8 Å². The Morgan fingerprint density at radius 3 is 2.33 bits per heavy atom. The fourth-order valence-electron chi connectivity index (χ4n) is 2.41. The van der Waals surface area contributed by atoms with Crippen LogP contribution in [0.1, 0.15) is 17.3 Å². The molecule has 0 bridgehead atoms. The van der Waals surface area contributed by atoms with Gasteiger partial charge in [-0.05, 0) is 55.5 Å². The van der Waals surface area contributed by atoms with Gasteiger partial charge in [0, 0.05) is 5.56 Å². The molecule has 1 N–H and O–H groups in total. The highest BCUT2D eigenvalue weighted by Crippen LogP contribution is 2.32. The van der Waals surface area contributed by atoms with Gasteiger partial charge in [-0.15, -0.1) is 0 Å². The van der Waals surface area contributed by atoms with E-state index in [0.29, 0.717) is 45.2 Å². The van der Waals surface area contributed by atoms with Gasteiger partial charge < -0.3 is 14.8 Å². The van der Waals surface area contributed by atoms with E-state index >= 15 is 0 Å². The molecular formula is C21H17Cl2NO3. The summed E-state index contributed by atoms with van der Waals surface area (Å²) in [5.74, 6) is 1.58. The minimum atomic E-state index is -0.291. The summed E-state index contributed by atoms with van der Waals surface area (Å²) in [7, 11) is 0. The number of nitrogens with one attached hydrogen (secondary N) is 1. The largest absolute Gasteiger partial charge is 0.490 e. The number of halogens is 2. The van der Waals surface area contributed by atoms with Gasteiger partial charge in [-0.1, -0.05) is 41.4 Å². The number of amides is 1. The molecule has 3 aromatic carbocycles. The third-order valence-corrected chi connectivity index (χ3v) is 4.51. The molecule has 6 heteroatoms. The highest BCUT2D eigenvalue weighted by molar-refractivity contribution is 6.44. The lowest BCUT2D eigenvalue weighted by Gasteiger charge is -2.12. The molecule has 0 aliphatic rings. The number of carbonyl (C=O) groups is 1. The molecule has 0 aliphatic carbocycles. The van der Waals surface area contributed by atoms with E-state index in [-0.39, 0.29) is 5.91 Å². The molecule has 27 heavy (non-hydrogen) atoms. The van der Waals surface area contributed by atoms with Gasteiger partial charge in [0.1, 0.15) is 5.75 Å². The van der Waals surface area contributed by atoms with Crippen molar-refractivity contribution in [3.8, 4) is 17.2 Å². The second-order valence-electron chi connectivity index (χ2n) is 5.56. The Morgan fingerprint density at radius 1 is 0.926 bits per heavy atom. The van der Waals surface area contributed by atoms with Crippen molar-refractivity contribution in [2.45, 2.75) is 6.92 Å². The summed E-state index contributed by atoms with van der Waals surface area (Å²) < 4.78 is 11.4. The molecule has 4 nitrogen and oxygen atoms in total. The van der Waals surface area contributed by atoms with Crippen LogP contribution >= 0.6 is 23.2 Å². The van der Waals surface area contributed by atoms with Crippen LogP contribution in [0, 0.1) is 0 Å². The monoisotopic (exact) mass is 401 g/mol. The number of anilines is 1. The molecular weight excluding hydrogens is 385 g/mol. The summed E-state index contributed by atoms with van der Waals surface area (Å²) in [6.07, 6.45) is 0. The third-order valence-electron chi connectivity index (χ3n) is 3.69. The van der Waals surface area contributed by atoms with Crippen LogP contribution in [-0.2, 0) is 0 Å². The van der Waals surface area contributed by atoms with Crippen molar-refractivity contribution >= 4 is 34.8 Å². The highest BCUT2D eigenvalue weighted by atomic mass is 35.5. The molecule has 0 fully saturated rings. The minimum absolute atomic E-state index is 0.291. The molecule has 138 valence electrons. The lowest BCUT2D eigenvalue weighted by atomic mass is 10.2. The fraction of sp³-hybridized carbons (Fsp3) is 0.0952. The van der Waals surface area contributed by atoms with E-state index in [1.165, 1.54) is 0 Å². The first-order chi connectivity index (χ1) is 13.1. The first kappa shape index (κ1) is 19.1. The molecule has 1 amide bonds. The molecule has 3 aromatic rings. The molecule has 3 rings (SSSR count). The zero-order valence-electron chi connectivity index (χ0n) is 14.5. The molecule has 0 heterocycles. The van der Waals surface area contributed by atoms with E-state index in [1.54, 1.807) is 42.5 Å². The van der Waals surface area contributed by atoms with Crippen molar-refractivity contribution in [3.63, 3.8) is 0 Å². The second-order valence-corrected chi connectivity index (χ2v) is 6.35. The van der Waals surface area contributed by atoms with Crippen molar-refractivity contribution < 1.29 is 14.3 Å². The van der Waals surface area contributed by atoms with Crippen molar-refractivity contribution in [1.82, 2.24) is 0 Å². The van der Waals surface area contributed by atoms with E-state index in [2.05, 4.69) is 5.32 Å². The smallest absolute Gasteiger partial charge is 0.255 e. The molecule has 0 spiro atoms. The van der Waals surface area contributed by atoms with Crippen molar-refractivity contribution in [1.29, 1.82) is 0 Å². The average Bonchev–Trinajstić information content (AvgIpc) is 2.68. The first-order valence-corrected chi connectivity index (χ1v) is 9.09. The van der Waals surface area contributed by atoms with Crippen molar-refractivity contribution in [3.05, 3.63) is 82.3 Å². The average molecular weight is 402 g/mol. The molecule has 0 aromatic heterocycles. The Morgan fingerprint density at radius 2 is 1.63 bits per heavy atom. The summed E-state index contributed by atoms with van der Waals surface area (Å²) in [6.45, 7) is 2.46. The third kappa shape index (κ3) is 4.73. The number of rotatable bonds is 6. The van der Waals surface area contributed by atoms with E-state index < -0.39 is 0 Å². The maximum Gasteiger partial charge on any atom is 0.255 e. The van der Waals surface area contributed by atoms with Gasteiger partial charge in [0.15, 0.2) is 11.5 Å². The predicted octanol–water partition coefficient (Wildman–Crippen LogP) is 6.44. The second kappa shape index (κ2) is 8.80. The van der Waals surface area contributed by atoms with Gasteiger partial charge in [0.05, 0.1) is 22.3 Å². The van der Waals surface area contributed by atoms with E-state index in [4.69, 9.17) is 32.7 Å². The van der Waals surface area contributed by atoms with E-state index in [1.807, 2.05) is 31.2 Å². The molecule has 0 atom stereocenters. The first-order valence-electron chi connectivity index (χ1n) is 8.33. The molecule has 0 saturated carbocycles. The van der Waals surface area contributed by atoms with E-state index in [9.17, 15) is 4.79 Å². The minimum Gasteiger partial charge on any atom is -0.490 e. The highest BCUT2D eigenvalue weighted by Gasteiger charge is 2.11. The van der Waals surface area contributed by atoms with Crippen molar-refractivity contribution in [2.24, 2.45) is 0 Å². The van der Waals surface area contributed by atoms with Gasteiger partial charge in [0.25, 0.3) is 5.91 Å². The lowest BCUT2D eigenvalue weighted by molar-refractivity contribution is 0.102. The Bertz CT molecular complexity index is 942. The summed E-state index contributed by atoms with van der Waals surface area (Å²) in [5, 5.41) is 3.43. The summed E-state index contributed by atoms with van der Waals surface area (Å²) in [6, 6.07) is 19.3. The zero-order valence-corrected chi connectivity index (χ0v) is 16.1. The zero-order chi connectivity index (χ0) is 19.2. The van der Waals surface area contributed by atoms with Crippen LogP contribution in [0.15, 0.2) is 66.7 Å². The molecule has 0 unspecified atom stereocenters. The van der Waals surface area contributed by atoms with Gasteiger partial charge >= 0.3 is 0 Å². The molecule has 0 saturated heterocycles. The Labute approximate surface area is 167 Å². The SMILES string of the molecule is CCOc1ccccc1Oc1ccc(C(=O)Nc2cccc(Cl)c2Cl)cc1. The van der Waals surface area contributed by atoms with Gasteiger partial charge in [0.2, 0.25) is 0 Å². The number of hydrogen-bond acceptors (Lipinski definition) is 3. The summed E-state index contributed by atoms with van der Waals surface area (Å²) in [4.78, 5) is 12.4. The number of para-hydroxylation sites is 2. The Balaban J connectivity index is 1.72. The topological polar surface area (TPSA) is 47.6 Å². The normalized spacial score (nSPS) is 10.3. The quantitative estimate of drug-likeness (QED) is 0.516. The van der Waals surface area contributed by atoms with Crippen LogP contribution in [-0.4, -0.2) is 12.5 Å². The van der Waals surface area contributed by atoms with Crippen LogP contribution in [0.25, 0.3) is 0 Å². The maximum atomic E-state index is 12.4. The van der Waals surface area contributed by atoms with Crippen molar-refractivity contribution in [2.75, 3.05) is 11.9 Å². The van der Waals surface area contributed by atoms with Gasteiger partial charge in [-0.2, -0.15) is 0 Å². The van der Waals surface area contributed by atoms with E-state index in [0.717, 1.165) is 0 Å². The number of ether oxygens (including phenoxy) is 2. The number of carbonyl (C=O) groups excluding carboxylic acids is 1.